The molecule has 2 nitrogen and oxygen atoms in total. The van der Waals surface area contributed by atoms with Gasteiger partial charge < -0.3 is 4.90 Å². The van der Waals surface area contributed by atoms with Crippen molar-refractivity contribution in [3.05, 3.63) is 65.5 Å². The van der Waals surface area contributed by atoms with Crippen molar-refractivity contribution in [2.24, 2.45) is 0 Å². The zero-order valence-electron chi connectivity index (χ0n) is 12.5. The minimum absolute atomic E-state index is 0.0247. The molecule has 0 unspecified atom stereocenters. The topological polar surface area (TPSA) is 20.3 Å². The van der Waals surface area contributed by atoms with Gasteiger partial charge >= 0.3 is 0 Å². The van der Waals surface area contributed by atoms with E-state index < -0.39 is 0 Å². The molecule has 0 atom stereocenters. The van der Waals surface area contributed by atoms with Gasteiger partial charge in [0.1, 0.15) is 5.82 Å². The van der Waals surface area contributed by atoms with E-state index in [9.17, 15) is 9.18 Å². The Balaban J connectivity index is 2.01. The summed E-state index contributed by atoms with van der Waals surface area (Å²) in [6.45, 7) is 5.22. The molecule has 21 heavy (non-hydrogen) atoms. The molecular formula is C18H20FNO. The van der Waals surface area contributed by atoms with E-state index in [1.807, 2.05) is 30.3 Å². The molecule has 0 aliphatic rings. The molecule has 0 spiro atoms. The number of Topliss-reactive ketones (excluding diaryl/α,β-unsaturated/α-hetero) is 1. The van der Waals surface area contributed by atoms with Gasteiger partial charge in [-0.1, -0.05) is 30.3 Å². The third kappa shape index (κ3) is 3.91. The van der Waals surface area contributed by atoms with Crippen LogP contribution in [0.1, 0.15) is 29.3 Å². The number of rotatable bonds is 6. The lowest BCUT2D eigenvalue weighted by Crippen LogP contribution is -2.25. The number of carbonyl (C=O) groups excluding carboxylic acids is 1. The number of hydrogen-bond acceptors (Lipinski definition) is 2. The van der Waals surface area contributed by atoms with Crippen LogP contribution in [0.4, 0.5) is 10.1 Å². The first-order valence-corrected chi connectivity index (χ1v) is 7.21. The number of benzene rings is 2. The van der Waals surface area contributed by atoms with E-state index in [2.05, 4.69) is 11.8 Å². The van der Waals surface area contributed by atoms with E-state index in [1.54, 1.807) is 19.1 Å². The highest BCUT2D eigenvalue weighted by Gasteiger charge is 2.11. The summed E-state index contributed by atoms with van der Waals surface area (Å²) in [5.41, 5.74) is 2.11. The summed E-state index contributed by atoms with van der Waals surface area (Å²) in [7, 11) is 0. The Morgan fingerprint density at radius 1 is 1.14 bits per heavy atom. The van der Waals surface area contributed by atoms with Crippen LogP contribution >= 0.6 is 0 Å². The lowest BCUT2D eigenvalue weighted by Gasteiger charge is -2.22. The van der Waals surface area contributed by atoms with Crippen LogP contribution < -0.4 is 4.90 Å². The van der Waals surface area contributed by atoms with Crippen molar-refractivity contribution in [3.63, 3.8) is 0 Å². The Hall–Kier alpha value is -2.16. The second-order valence-corrected chi connectivity index (χ2v) is 5.05. The summed E-state index contributed by atoms with van der Waals surface area (Å²) in [6.07, 6.45) is 0.380. The number of nitrogens with zero attached hydrogens (tertiary/aromatic N) is 1. The summed E-state index contributed by atoms with van der Waals surface area (Å²) in [5.74, 6) is -0.348. The molecule has 0 fully saturated rings. The lowest BCUT2D eigenvalue weighted by molar-refractivity contribution is 0.0984. The Kier molecular flexibility index (Phi) is 5.09. The highest BCUT2D eigenvalue weighted by molar-refractivity contribution is 5.96. The van der Waals surface area contributed by atoms with Crippen LogP contribution in [0.3, 0.4) is 0 Å². The zero-order chi connectivity index (χ0) is 15.2. The van der Waals surface area contributed by atoms with Crippen molar-refractivity contribution in [2.75, 3.05) is 18.0 Å². The maximum Gasteiger partial charge on any atom is 0.164 e. The van der Waals surface area contributed by atoms with E-state index in [-0.39, 0.29) is 11.6 Å². The van der Waals surface area contributed by atoms with Gasteiger partial charge in [-0.25, -0.2) is 4.39 Å². The van der Waals surface area contributed by atoms with Gasteiger partial charge in [0.25, 0.3) is 0 Å². The molecule has 2 rings (SSSR count). The molecular weight excluding hydrogens is 265 g/mol. The number of anilines is 1. The predicted molar refractivity (Wildman–Crippen MR) is 84.4 cm³/mol. The molecule has 0 heterocycles. The molecule has 2 aromatic carbocycles. The van der Waals surface area contributed by atoms with Crippen molar-refractivity contribution in [1.29, 1.82) is 0 Å². The smallest absolute Gasteiger partial charge is 0.164 e. The van der Waals surface area contributed by atoms with Crippen molar-refractivity contribution in [1.82, 2.24) is 0 Å². The predicted octanol–water partition coefficient (Wildman–Crippen LogP) is 4.23. The van der Waals surface area contributed by atoms with Gasteiger partial charge in [-0.3, -0.25) is 4.79 Å². The molecule has 0 amide bonds. The van der Waals surface area contributed by atoms with Crippen LogP contribution in [0.5, 0.6) is 0 Å². The molecule has 2 aromatic rings. The summed E-state index contributed by atoms with van der Waals surface area (Å²) in [4.78, 5) is 14.3. The molecule has 0 aliphatic carbocycles. The first kappa shape index (κ1) is 15.2. The van der Waals surface area contributed by atoms with Crippen molar-refractivity contribution < 1.29 is 9.18 Å². The molecule has 110 valence electrons. The van der Waals surface area contributed by atoms with Crippen LogP contribution in [-0.2, 0) is 0 Å². The second kappa shape index (κ2) is 7.02. The van der Waals surface area contributed by atoms with E-state index in [0.717, 1.165) is 12.2 Å². The highest BCUT2D eigenvalue weighted by Crippen LogP contribution is 2.15. The Morgan fingerprint density at radius 3 is 2.48 bits per heavy atom. The number of para-hydroxylation sites is 1. The average molecular weight is 285 g/mol. The second-order valence-electron chi connectivity index (χ2n) is 5.05. The van der Waals surface area contributed by atoms with Crippen LogP contribution in [0.15, 0.2) is 48.5 Å². The van der Waals surface area contributed by atoms with Crippen molar-refractivity contribution in [2.45, 2.75) is 20.3 Å². The average Bonchev–Trinajstić information content (AvgIpc) is 2.51. The molecule has 0 aromatic heterocycles. The molecule has 0 N–H and O–H groups in total. The van der Waals surface area contributed by atoms with Crippen LogP contribution in [0.25, 0.3) is 0 Å². The van der Waals surface area contributed by atoms with Gasteiger partial charge in [-0.05, 0) is 37.6 Å². The number of aryl methyl sites for hydroxylation is 1. The van der Waals surface area contributed by atoms with E-state index in [1.165, 1.54) is 6.07 Å². The van der Waals surface area contributed by atoms with Crippen LogP contribution in [-0.4, -0.2) is 18.9 Å². The van der Waals surface area contributed by atoms with Gasteiger partial charge in [-0.15, -0.1) is 0 Å². The molecule has 0 saturated heterocycles. The normalized spacial score (nSPS) is 10.4. The maximum atomic E-state index is 13.5. The van der Waals surface area contributed by atoms with Crippen molar-refractivity contribution in [3.8, 4) is 0 Å². The summed E-state index contributed by atoms with van der Waals surface area (Å²) in [6, 6.07) is 14.7. The first-order valence-electron chi connectivity index (χ1n) is 7.21. The van der Waals surface area contributed by atoms with Gasteiger partial charge in [0.2, 0.25) is 0 Å². The number of carbonyl (C=O) groups is 1. The Labute approximate surface area is 125 Å². The minimum Gasteiger partial charge on any atom is -0.371 e. The zero-order valence-corrected chi connectivity index (χ0v) is 12.5. The summed E-state index contributed by atoms with van der Waals surface area (Å²) in [5, 5.41) is 0. The fourth-order valence-electron chi connectivity index (χ4n) is 2.26. The summed E-state index contributed by atoms with van der Waals surface area (Å²) >= 11 is 0. The van der Waals surface area contributed by atoms with Gasteiger partial charge in [0.05, 0.1) is 0 Å². The number of hydrogen-bond donors (Lipinski definition) is 0. The Bertz CT molecular complexity index is 610. The van der Waals surface area contributed by atoms with Gasteiger partial charge in [-0.2, -0.15) is 0 Å². The lowest BCUT2D eigenvalue weighted by atomic mass is 10.1. The van der Waals surface area contributed by atoms with Crippen LogP contribution in [0.2, 0.25) is 0 Å². The van der Waals surface area contributed by atoms with E-state index in [0.29, 0.717) is 24.1 Å². The number of ketones is 1. The minimum atomic E-state index is -0.323. The molecule has 0 saturated carbocycles. The third-order valence-corrected chi connectivity index (χ3v) is 3.61. The molecule has 0 radical (unpaired) electrons. The van der Waals surface area contributed by atoms with E-state index >= 15 is 0 Å². The fraction of sp³-hybridized carbons (Fsp3) is 0.278. The standard InChI is InChI=1S/C18H20FNO/c1-3-20(16-7-5-4-6-8-16)12-11-18(21)15-10-9-14(2)17(19)13-15/h4-10,13H,3,11-12H2,1-2H3. The van der Waals surface area contributed by atoms with Gasteiger partial charge in [0.15, 0.2) is 5.78 Å². The van der Waals surface area contributed by atoms with Crippen LogP contribution in [0, 0.1) is 12.7 Å². The maximum absolute atomic E-state index is 13.5. The molecule has 3 heteroatoms. The SMILES string of the molecule is CCN(CCC(=O)c1ccc(C)c(F)c1)c1ccccc1. The highest BCUT2D eigenvalue weighted by atomic mass is 19.1. The van der Waals surface area contributed by atoms with Crippen molar-refractivity contribution >= 4 is 11.5 Å². The fourth-order valence-corrected chi connectivity index (χ4v) is 2.26. The quantitative estimate of drug-likeness (QED) is 0.740. The Morgan fingerprint density at radius 2 is 1.86 bits per heavy atom. The molecule has 0 aliphatic heterocycles. The van der Waals surface area contributed by atoms with E-state index in [4.69, 9.17) is 0 Å². The third-order valence-electron chi connectivity index (χ3n) is 3.61. The monoisotopic (exact) mass is 285 g/mol. The van der Waals surface area contributed by atoms with Gasteiger partial charge in [0, 0.05) is 30.8 Å². The largest absolute Gasteiger partial charge is 0.371 e. The summed E-state index contributed by atoms with van der Waals surface area (Å²) < 4.78 is 13.5. The number of halogens is 1. The first-order chi connectivity index (χ1) is 10.1. The molecule has 0 bridgehead atoms.